The van der Waals surface area contributed by atoms with E-state index >= 15 is 0 Å². The topological polar surface area (TPSA) is 104 Å². The van der Waals surface area contributed by atoms with Gasteiger partial charge in [0.1, 0.15) is 11.4 Å². The van der Waals surface area contributed by atoms with Crippen molar-refractivity contribution in [1.29, 1.82) is 0 Å². The van der Waals surface area contributed by atoms with E-state index in [4.69, 9.17) is 14.2 Å². The van der Waals surface area contributed by atoms with Crippen molar-refractivity contribution in [2.45, 2.75) is 301 Å². The number of hydrogen-bond acceptors (Lipinski definition) is 8. The fourth-order valence-electron chi connectivity index (χ4n) is 14.1. The summed E-state index contributed by atoms with van der Waals surface area (Å²) in [6.07, 6.45) is 29.9. The number of amides is 2. The Balaban J connectivity index is 0.000000280. The lowest BCUT2D eigenvalue weighted by Crippen LogP contribution is -2.68. The van der Waals surface area contributed by atoms with E-state index in [1.807, 2.05) is 18.9 Å². The monoisotopic (exact) mass is 917 g/mol. The molecule has 6 rings (SSSR count). The molecule has 10 heteroatoms. The zero-order valence-electron chi connectivity index (χ0n) is 43.7. The third-order valence-corrected chi connectivity index (χ3v) is 16.3. The normalized spacial score (nSPS) is 28.8. The van der Waals surface area contributed by atoms with Gasteiger partial charge in [0, 0.05) is 75.1 Å². The highest BCUT2D eigenvalue weighted by atomic mass is 16.6. The molecule has 6 aliphatic rings. The molecule has 0 aromatic rings. The number of hydrogen-bond donors (Lipinski definition) is 2. The second-order valence-electron chi connectivity index (χ2n) is 24.7. The van der Waals surface area contributed by atoms with Crippen LogP contribution in [-0.2, 0) is 23.8 Å². The quantitative estimate of drug-likeness (QED) is 0.260. The van der Waals surface area contributed by atoms with Gasteiger partial charge in [0.15, 0.2) is 11.2 Å². The fourth-order valence-corrected chi connectivity index (χ4v) is 14.1. The van der Waals surface area contributed by atoms with Crippen LogP contribution in [0.3, 0.4) is 0 Å². The van der Waals surface area contributed by atoms with Crippen molar-refractivity contribution < 1.29 is 28.9 Å². The third kappa shape index (κ3) is 13.7. The number of likely N-dealkylation sites (N-methyl/N-ethyl adjacent to an activating group) is 1. The first-order valence-corrected chi connectivity index (χ1v) is 26.8. The molecular formula is C55H104N4O6. The van der Waals surface area contributed by atoms with Crippen molar-refractivity contribution in [1.82, 2.24) is 20.0 Å². The van der Waals surface area contributed by atoms with Gasteiger partial charge in [-0.05, 0) is 119 Å². The summed E-state index contributed by atoms with van der Waals surface area (Å²) in [5, 5.41) is 14.2. The Hall–Kier alpha value is -1.30. The number of aliphatic hydroxyl groups excluding tert-OH is 1. The molecule has 2 N–H and O–H groups in total. The van der Waals surface area contributed by atoms with Crippen molar-refractivity contribution >= 4 is 11.8 Å². The summed E-state index contributed by atoms with van der Waals surface area (Å²) in [5.74, 6) is 0.709. The summed E-state index contributed by atoms with van der Waals surface area (Å²) in [5.41, 5.74) is -3.13. The lowest BCUT2D eigenvalue weighted by Gasteiger charge is -2.58. The van der Waals surface area contributed by atoms with Crippen LogP contribution in [0.4, 0.5) is 0 Å². The maximum atomic E-state index is 14.3. The lowest BCUT2D eigenvalue weighted by molar-refractivity contribution is -0.201. The Morgan fingerprint density at radius 1 is 0.600 bits per heavy atom. The second kappa shape index (κ2) is 23.1. The highest BCUT2D eigenvalue weighted by molar-refractivity contribution is 5.89. The van der Waals surface area contributed by atoms with Crippen LogP contribution in [0.2, 0.25) is 0 Å². The first kappa shape index (κ1) is 56.3. The minimum Gasteiger partial charge on any atom is -0.392 e. The first-order valence-electron chi connectivity index (χ1n) is 26.8. The third-order valence-electron chi connectivity index (χ3n) is 16.3. The number of carbonyl (C=O) groups excluding carboxylic acids is 2. The SMILES string of the molecule is C.CCC(O)CN1C(C)(C)CC2(CC1(C)C)OC1(CCCCCCCCCCC1)N(C)C2=O.COCC(C)CN1C(=O)C2(CC(C)(C)NC(C)(C)C2)OC12CCCCCCCCCCC2. The average Bonchev–Trinajstić information content (AvgIpc) is 3.49. The van der Waals surface area contributed by atoms with E-state index < -0.39 is 22.7 Å². The number of aliphatic hydroxyl groups is 1. The molecule has 4 heterocycles. The van der Waals surface area contributed by atoms with E-state index in [-0.39, 0.29) is 47.5 Å². The van der Waals surface area contributed by atoms with Crippen molar-refractivity contribution in [3.8, 4) is 0 Å². The van der Waals surface area contributed by atoms with Gasteiger partial charge in [-0.15, -0.1) is 0 Å². The Morgan fingerprint density at radius 2 is 0.969 bits per heavy atom. The van der Waals surface area contributed by atoms with Crippen molar-refractivity contribution in [3.63, 3.8) is 0 Å². The van der Waals surface area contributed by atoms with Crippen LogP contribution >= 0.6 is 0 Å². The van der Waals surface area contributed by atoms with Gasteiger partial charge in [-0.3, -0.25) is 14.5 Å². The molecule has 0 aromatic carbocycles. The molecule has 10 nitrogen and oxygen atoms in total. The second-order valence-corrected chi connectivity index (χ2v) is 24.7. The van der Waals surface area contributed by atoms with Crippen molar-refractivity contribution in [2.75, 3.05) is 33.9 Å². The van der Waals surface area contributed by atoms with Crippen molar-refractivity contribution in [2.24, 2.45) is 5.92 Å². The number of nitrogens with zero attached hydrogens (tertiary/aromatic N) is 3. The number of piperidine rings is 2. The van der Waals surface area contributed by atoms with E-state index in [1.54, 1.807) is 7.11 Å². The number of β-amino-alcohol motifs (C(OH)–C–C–N with tert-alkyl or cyclic N) is 1. The van der Waals surface area contributed by atoms with Crippen LogP contribution in [0.25, 0.3) is 0 Å². The molecule has 2 amide bonds. The summed E-state index contributed by atoms with van der Waals surface area (Å²) >= 11 is 0. The van der Waals surface area contributed by atoms with Gasteiger partial charge < -0.3 is 34.4 Å². The minimum atomic E-state index is -0.757. The lowest BCUT2D eigenvalue weighted by atomic mass is 9.70. The molecule has 65 heavy (non-hydrogen) atoms. The van der Waals surface area contributed by atoms with Crippen LogP contribution in [-0.4, -0.2) is 116 Å². The summed E-state index contributed by atoms with van der Waals surface area (Å²) < 4.78 is 19.7. The number of nitrogens with one attached hydrogen (secondary N) is 1. The molecule has 0 aromatic heterocycles. The number of ether oxygens (including phenoxy) is 3. The standard InChI is InChI=1S/2C27H50N2O3.CH4/c1-22(19-31-6)18-29-23(30)26(20-24(2,3)28-25(4,5)21-26)32-27(29)16-14-12-10-8-7-9-11-13-15-17-27;1-7-22(30)19-29-24(2,3)20-26(21-25(29,4)5)23(31)28(6)27(32-26)17-15-13-11-9-8-10-12-14-16-18-27;/h22,28H,7-21H2,1-6H3;22,30H,7-21H2,1-6H3;1H4. The molecule has 4 spiro atoms. The molecule has 0 radical (unpaired) electrons. The highest BCUT2D eigenvalue weighted by Gasteiger charge is 2.66. The maximum absolute atomic E-state index is 14.3. The summed E-state index contributed by atoms with van der Waals surface area (Å²) in [6, 6.07) is 0. The number of methoxy groups -OCH3 is 1. The van der Waals surface area contributed by atoms with E-state index in [0.29, 0.717) is 31.9 Å². The van der Waals surface area contributed by atoms with Crippen LogP contribution in [0, 0.1) is 5.92 Å². The molecule has 2 aliphatic carbocycles. The fraction of sp³-hybridized carbons (Fsp3) is 0.964. The van der Waals surface area contributed by atoms with E-state index in [0.717, 1.165) is 77.2 Å². The molecule has 2 saturated carbocycles. The highest BCUT2D eigenvalue weighted by Crippen LogP contribution is 2.54. The van der Waals surface area contributed by atoms with Gasteiger partial charge in [0.25, 0.3) is 11.8 Å². The van der Waals surface area contributed by atoms with Crippen LogP contribution in [0.1, 0.15) is 250 Å². The smallest absolute Gasteiger partial charge is 0.257 e. The van der Waals surface area contributed by atoms with Gasteiger partial charge in [0.2, 0.25) is 0 Å². The zero-order chi connectivity index (χ0) is 47.1. The van der Waals surface area contributed by atoms with Gasteiger partial charge in [-0.25, -0.2) is 0 Å². The van der Waals surface area contributed by atoms with Gasteiger partial charge in [-0.2, -0.15) is 0 Å². The predicted molar refractivity (Wildman–Crippen MR) is 268 cm³/mol. The molecule has 0 bridgehead atoms. The molecule has 2 unspecified atom stereocenters. The molecule has 4 saturated heterocycles. The summed E-state index contributed by atoms with van der Waals surface area (Å²) in [4.78, 5) is 34.8. The summed E-state index contributed by atoms with van der Waals surface area (Å²) in [6.45, 7) is 24.0. The van der Waals surface area contributed by atoms with Crippen LogP contribution in [0.5, 0.6) is 0 Å². The number of carbonyl (C=O) groups is 2. The van der Waals surface area contributed by atoms with Gasteiger partial charge >= 0.3 is 0 Å². The van der Waals surface area contributed by atoms with Gasteiger partial charge in [-0.1, -0.05) is 111 Å². The predicted octanol–water partition coefficient (Wildman–Crippen LogP) is 12.1. The minimum absolute atomic E-state index is 0. The molecule has 2 atom stereocenters. The van der Waals surface area contributed by atoms with Crippen LogP contribution < -0.4 is 5.32 Å². The number of rotatable bonds is 7. The Morgan fingerprint density at radius 3 is 1.37 bits per heavy atom. The average molecular weight is 917 g/mol. The summed E-state index contributed by atoms with van der Waals surface area (Å²) in [7, 11) is 3.75. The van der Waals surface area contributed by atoms with E-state index in [1.165, 1.54) is 89.9 Å². The number of likely N-dealkylation sites (tertiary alicyclic amines) is 1. The molecule has 4 aliphatic heterocycles. The van der Waals surface area contributed by atoms with Crippen LogP contribution in [0.15, 0.2) is 0 Å². The van der Waals surface area contributed by atoms with E-state index in [9.17, 15) is 14.7 Å². The van der Waals surface area contributed by atoms with Gasteiger partial charge in [0.05, 0.1) is 12.7 Å². The largest absolute Gasteiger partial charge is 0.392 e. The molecule has 380 valence electrons. The Labute approximate surface area is 400 Å². The molecule has 6 fully saturated rings. The zero-order valence-corrected chi connectivity index (χ0v) is 43.7. The van der Waals surface area contributed by atoms with Crippen molar-refractivity contribution in [3.05, 3.63) is 0 Å². The van der Waals surface area contributed by atoms with E-state index in [2.05, 4.69) is 77.4 Å². The first-order chi connectivity index (χ1) is 30.0. The maximum Gasteiger partial charge on any atom is 0.257 e. The Kier molecular flexibility index (Phi) is 20.0. The molecular weight excluding hydrogens is 813 g/mol. The Bertz CT molecular complexity index is 1440.